The first-order valence-corrected chi connectivity index (χ1v) is 8.49. The number of carboxylic acid groups (broad SMARTS) is 1. The van der Waals surface area contributed by atoms with E-state index in [9.17, 15) is 9.59 Å². The molecule has 0 radical (unpaired) electrons. The van der Waals surface area contributed by atoms with Crippen LogP contribution in [-0.2, 0) is 4.79 Å². The summed E-state index contributed by atoms with van der Waals surface area (Å²) in [4.78, 5) is 27.7. The van der Waals surface area contributed by atoms with Crippen molar-refractivity contribution >= 4 is 34.8 Å². The van der Waals surface area contributed by atoms with Gasteiger partial charge in [0.15, 0.2) is 0 Å². The number of nitrogens with zero attached hydrogens (tertiary/aromatic N) is 1. The molecule has 0 spiro atoms. The van der Waals surface area contributed by atoms with E-state index in [1.54, 1.807) is 17.5 Å². The molecule has 0 saturated heterocycles. The van der Waals surface area contributed by atoms with E-state index in [0.29, 0.717) is 28.6 Å². The zero-order valence-corrected chi connectivity index (χ0v) is 13.8. The number of carbonyl (C=O) groups is 2. The highest BCUT2D eigenvalue weighted by Crippen LogP contribution is 2.35. The van der Waals surface area contributed by atoms with E-state index >= 15 is 0 Å². The van der Waals surface area contributed by atoms with Crippen LogP contribution in [0.5, 0.6) is 0 Å². The first kappa shape index (κ1) is 16.0. The molecular formula is C16H15ClN2O3S. The van der Waals surface area contributed by atoms with E-state index in [2.05, 4.69) is 10.3 Å². The molecule has 120 valence electrons. The minimum Gasteiger partial charge on any atom is -0.481 e. The topological polar surface area (TPSA) is 79.3 Å². The van der Waals surface area contributed by atoms with Crippen LogP contribution in [-0.4, -0.2) is 27.5 Å². The van der Waals surface area contributed by atoms with Crippen LogP contribution in [0, 0.1) is 0 Å². The lowest BCUT2D eigenvalue weighted by molar-refractivity contribution is -0.139. The maximum Gasteiger partial charge on any atom is 0.305 e. The molecule has 2 aromatic rings. The lowest BCUT2D eigenvalue weighted by Crippen LogP contribution is -2.54. The van der Waals surface area contributed by atoms with E-state index in [1.807, 2.05) is 12.1 Å². The smallest absolute Gasteiger partial charge is 0.305 e. The standard InChI is InChI=1S/C16H15ClN2O3S/c17-11-4-1-3-10(7-11)15-18-12(9-23-15)14(22)19-16(5-2-6-16)8-13(20)21/h1,3-4,7,9H,2,5-6,8H2,(H,19,22)(H,20,21). The molecule has 1 aromatic carbocycles. The Morgan fingerprint density at radius 1 is 1.39 bits per heavy atom. The second-order valence-electron chi connectivity index (χ2n) is 5.71. The van der Waals surface area contributed by atoms with Gasteiger partial charge in [-0.3, -0.25) is 9.59 Å². The van der Waals surface area contributed by atoms with E-state index < -0.39 is 11.5 Å². The Labute approximate surface area is 142 Å². The molecule has 3 rings (SSSR count). The molecule has 1 heterocycles. The van der Waals surface area contributed by atoms with Crippen LogP contribution in [0.15, 0.2) is 29.6 Å². The molecule has 1 amide bonds. The first-order valence-electron chi connectivity index (χ1n) is 7.23. The number of rotatable bonds is 5. The first-order chi connectivity index (χ1) is 11.0. The molecule has 7 heteroatoms. The number of thiazole rings is 1. The van der Waals surface area contributed by atoms with Crippen LogP contribution < -0.4 is 5.32 Å². The number of amides is 1. The Bertz CT molecular complexity index is 755. The third-order valence-electron chi connectivity index (χ3n) is 3.99. The summed E-state index contributed by atoms with van der Waals surface area (Å²) in [5.41, 5.74) is 0.537. The zero-order chi connectivity index (χ0) is 16.4. The number of aliphatic carboxylic acids is 1. The molecule has 1 saturated carbocycles. The van der Waals surface area contributed by atoms with Crippen molar-refractivity contribution in [2.45, 2.75) is 31.2 Å². The predicted octanol–water partition coefficient (Wildman–Crippen LogP) is 3.59. The van der Waals surface area contributed by atoms with Gasteiger partial charge in [0.2, 0.25) is 0 Å². The van der Waals surface area contributed by atoms with Gasteiger partial charge in [0, 0.05) is 16.0 Å². The number of carbonyl (C=O) groups excluding carboxylic acids is 1. The van der Waals surface area contributed by atoms with Crippen molar-refractivity contribution < 1.29 is 14.7 Å². The number of benzene rings is 1. The number of hydrogen-bond acceptors (Lipinski definition) is 4. The van der Waals surface area contributed by atoms with Gasteiger partial charge < -0.3 is 10.4 Å². The number of aromatic nitrogens is 1. The monoisotopic (exact) mass is 350 g/mol. The molecule has 0 bridgehead atoms. The van der Waals surface area contributed by atoms with Crippen molar-refractivity contribution in [2.75, 3.05) is 0 Å². The Hall–Kier alpha value is -1.92. The number of halogens is 1. The summed E-state index contributed by atoms with van der Waals surface area (Å²) in [6.45, 7) is 0. The lowest BCUT2D eigenvalue weighted by atomic mass is 9.74. The minimum atomic E-state index is -0.900. The number of hydrogen-bond donors (Lipinski definition) is 2. The second kappa shape index (κ2) is 6.29. The fraction of sp³-hybridized carbons (Fsp3) is 0.312. The third kappa shape index (κ3) is 3.54. The zero-order valence-electron chi connectivity index (χ0n) is 12.2. The van der Waals surface area contributed by atoms with E-state index in [1.165, 1.54) is 11.3 Å². The Morgan fingerprint density at radius 3 is 2.78 bits per heavy atom. The molecular weight excluding hydrogens is 336 g/mol. The van der Waals surface area contributed by atoms with Gasteiger partial charge in [0.1, 0.15) is 10.7 Å². The fourth-order valence-corrected chi connectivity index (χ4v) is 3.66. The van der Waals surface area contributed by atoms with Gasteiger partial charge in [-0.25, -0.2) is 4.98 Å². The largest absolute Gasteiger partial charge is 0.481 e. The van der Waals surface area contributed by atoms with Gasteiger partial charge >= 0.3 is 5.97 Å². The average Bonchev–Trinajstić information content (AvgIpc) is 2.94. The molecule has 1 aliphatic carbocycles. The van der Waals surface area contributed by atoms with Crippen molar-refractivity contribution in [3.63, 3.8) is 0 Å². The summed E-state index contributed by atoms with van der Waals surface area (Å²) in [5, 5.41) is 14.8. The summed E-state index contributed by atoms with van der Waals surface area (Å²) >= 11 is 7.33. The molecule has 2 N–H and O–H groups in total. The lowest BCUT2D eigenvalue weighted by Gasteiger charge is -2.41. The van der Waals surface area contributed by atoms with Gasteiger partial charge in [-0.15, -0.1) is 11.3 Å². The summed E-state index contributed by atoms with van der Waals surface area (Å²) < 4.78 is 0. The molecule has 5 nitrogen and oxygen atoms in total. The third-order valence-corrected chi connectivity index (χ3v) is 5.11. The van der Waals surface area contributed by atoms with Crippen molar-refractivity contribution in [3.05, 3.63) is 40.4 Å². The SMILES string of the molecule is O=C(O)CC1(NC(=O)c2csc(-c3cccc(Cl)c3)n2)CCC1. The van der Waals surface area contributed by atoms with Crippen LogP contribution in [0.2, 0.25) is 5.02 Å². The van der Waals surface area contributed by atoms with Gasteiger partial charge in [-0.1, -0.05) is 23.7 Å². The van der Waals surface area contributed by atoms with E-state index in [0.717, 1.165) is 12.0 Å². The van der Waals surface area contributed by atoms with Crippen LogP contribution in [0.25, 0.3) is 10.6 Å². The Kier molecular flexibility index (Phi) is 4.37. The highest BCUT2D eigenvalue weighted by atomic mass is 35.5. The predicted molar refractivity (Wildman–Crippen MR) is 88.9 cm³/mol. The molecule has 0 unspecified atom stereocenters. The quantitative estimate of drug-likeness (QED) is 0.863. The normalized spacial score (nSPS) is 15.7. The molecule has 0 aliphatic heterocycles. The molecule has 1 aromatic heterocycles. The van der Waals surface area contributed by atoms with Crippen LogP contribution in [0.4, 0.5) is 0 Å². The van der Waals surface area contributed by atoms with Crippen molar-refractivity contribution in [3.8, 4) is 10.6 Å². The van der Waals surface area contributed by atoms with Crippen molar-refractivity contribution in [2.24, 2.45) is 0 Å². The molecule has 1 fully saturated rings. The second-order valence-corrected chi connectivity index (χ2v) is 7.00. The van der Waals surface area contributed by atoms with Gasteiger partial charge in [0.25, 0.3) is 5.91 Å². The minimum absolute atomic E-state index is 0.0516. The maximum atomic E-state index is 12.4. The van der Waals surface area contributed by atoms with Crippen LogP contribution in [0.1, 0.15) is 36.2 Å². The highest BCUT2D eigenvalue weighted by Gasteiger charge is 2.40. The maximum absolute atomic E-state index is 12.4. The van der Waals surface area contributed by atoms with Crippen molar-refractivity contribution in [1.29, 1.82) is 0 Å². The summed E-state index contributed by atoms with van der Waals surface area (Å²) in [6.07, 6.45) is 2.26. The summed E-state index contributed by atoms with van der Waals surface area (Å²) in [5.74, 6) is -1.22. The Morgan fingerprint density at radius 2 is 2.17 bits per heavy atom. The average molecular weight is 351 g/mol. The molecule has 1 aliphatic rings. The fourth-order valence-electron chi connectivity index (χ4n) is 2.68. The van der Waals surface area contributed by atoms with Gasteiger partial charge in [-0.05, 0) is 31.4 Å². The van der Waals surface area contributed by atoms with Gasteiger partial charge in [-0.2, -0.15) is 0 Å². The number of nitrogens with one attached hydrogen (secondary N) is 1. The van der Waals surface area contributed by atoms with E-state index in [-0.39, 0.29) is 12.3 Å². The van der Waals surface area contributed by atoms with Crippen LogP contribution in [0.3, 0.4) is 0 Å². The van der Waals surface area contributed by atoms with Crippen LogP contribution >= 0.6 is 22.9 Å². The Balaban J connectivity index is 1.75. The summed E-state index contributed by atoms with van der Waals surface area (Å²) in [6, 6.07) is 7.28. The van der Waals surface area contributed by atoms with E-state index in [4.69, 9.17) is 16.7 Å². The van der Waals surface area contributed by atoms with Gasteiger partial charge in [0.05, 0.1) is 12.0 Å². The van der Waals surface area contributed by atoms with Crippen molar-refractivity contribution in [1.82, 2.24) is 10.3 Å². The highest BCUT2D eigenvalue weighted by molar-refractivity contribution is 7.13. The number of carboxylic acids is 1. The molecule has 0 atom stereocenters. The summed E-state index contributed by atoms with van der Waals surface area (Å²) in [7, 11) is 0. The molecule has 23 heavy (non-hydrogen) atoms.